The highest BCUT2D eigenvalue weighted by Gasteiger charge is 2.21. The molecule has 1 aliphatic rings. The molecule has 3 N–H and O–H groups in total. The Morgan fingerprint density at radius 1 is 1.37 bits per heavy atom. The van der Waals surface area contributed by atoms with Crippen LogP contribution in [0.2, 0.25) is 10.0 Å². The number of rotatable bonds is 2. The molecule has 2 atom stereocenters. The zero-order chi connectivity index (χ0) is 14.0. The highest BCUT2D eigenvalue weighted by atomic mass is 35.5. The van der Waals surface area contributed by atoms with Crippen molar-refractivity contribution in [2.75, 3.05) is 5.73 Å². The number of nitrogens with two attached hydrogens (primary N) is 1. The average Bonchev–Trinajstić information content (AvgIpc) is 2.35. The molecule has 1 fully saturated rings. The summed E-state index contributed by atoms with van der Waals surface area (Å²) in [6, 6.07) is 3.37. The summed E-state index contributed by atoms with van der Waals surface area (Å²) in [7, 11) is 0. The molecule has 0 heterocycles. The van der Waals surface area contributed by atoms with E-state index in [1.807, 2.05) is 0 Å². The summed E-state index contributed by atoms with van der Waals surface area (Å²) in [6.07, 6.45) is 4.47. The molecule has 0 bridgehead atoms. The molecule has 5 heteroatoms. The number of halogens is 2. The number of hydrogen-bond acceptors (Lipinski definition) is 2. The Morgan fingerprint density at radius 2 is 2.11 bits per heavy atom. The van der Waals surface area contributed by atoms with Gasteiger partial charge in [-0.25, -0.2) is 0 Å². The molecule has 2 rings (SSSR count). The van der Waals surface area contributed by atoms with Crippen molar-refractivity contribution in [2.24, 2.45) is 5.92 Å². The predicted molar refractivity (Wildman–Crippen MR) is 79.8 cm³/mol. The van der Waals surface area contributed by atoms with Crippen LogP contribution in [0.25, 0.3) is 0 Å². The highest BCUT2D eigenvalue weighted by molar-refractivity contribution is 6.43. The molecule has 1 aromatic carbocycles. The van der Waals surface area contributed by atoms with Gasteiger partial charge in [-0.15, -0.1) is 0 Å². The summed E-state index contributed by atoms with van der Waals surface area (Å²) in [6.45, 7) is 2.22. The first-order valence-electron chi connectivity index (χ1n) is 6.52. The van der Waals surface area contributed by atoms with Crippen LogP contribution in [-0.4, -0.2) is 11.9 Å². The first-order chi connectivity index (χ1) is 8.97. The van der Waals surface area contributed by atoms with Gasteiger partial charge >= 0.3 is 0 Å². The molecular weight excluding hydrogens is 283 g/mol. The van der Waals surface area contributed by atoms with E-state index < -0.39 is 0 Å². The summed E-state index contributed by atoms with van der Waals surface area (Å²) in [4.78, 5) is 12.2. The van der Waals surface area contributed by atoms with Crippen molar-refractivity contribution in [3.63, 3.8) is 0 Å². The predicted octanol–water partition coefficient (Wildman–Crippen LogP) is 3.88. The van der Waals surface area contributed by atoms with Gasteiger partial charge in [-0.05, 0) is 30.9 Å². The normalized spacial score (nSPS) is 23.1. The monoisotopic (exact) mass is 300 g/mol. The molecule has 0 aliphatic heterocycles. The maximum atomic E-state index is 12.2. The number of nitrogens with one attached hydrogen (secondary N) is 1. The number of anilines is 1. The molecular formula is C14H18Cl2N2O. The molecule has 1 amide bonds. The Labute approximate surface area is 123 Å². The van der Waals surface area contributed by atoms with Gasteiger partial charge in [-0.1, -0.05) is 43.0 Å². The summed E-state index contributed by atoms with van der Waals surface area (Å²) >= 11 is 11.8. The number of nitrogen functional groups attached to an aromatic ring is 1. The summed E-state index contributed by atoms with van der Waals surface area (Å²) < 4.78 is 0. The molecule has 0 aromatic heterocycles. The lowest BCUT2D eigenvalue weighted by molar-refractivity contribution is 0.0921. The molecule has 0 saturated heterocycles. The van der Waals surface area contributed by atoms with Crippen molar-refractivity contribution in [2.45, 2.75) is 38.6 Å². The van der Waals surface area contributed by atoms with E-state index in [0.29, 0.717) is 27.2 Å². The molecule has 1 aliphatic carbocycles. The van der Waals surface area contributed by atoms with Gasteiger partial charge in [0, 0.05) is 11.6 Å². The van der Waals surface area contributed by atoms with Gasteiger partial charge in [0.2, 0.25) is 0 Å². The lowest BCUT2D eigenvalue weighted by atomic mass is 9.87. The third-order valence-corrected chi connectivity index (χ3v) is 4.41. The first-order valence-corrected chi connectivity index (χ1v) is 7.28. The smallest absolute Gasteiger partial charge is 0.251 e. The van der Waals surface area contributed by atoms with Gasteiger partial charge < -0.3 is 11.1 Å². The van der Waals surface area contributed by atoms with E-state index in [9.17, 15) is 4.79 Å². The van der Waals surface area contributed by atoms with Crippen molar-refractivity contribution in [1.29, 1.82) is 0 Å². The van der Waals surface area contributed by atoms with Crippen LogP contribution in [0.3, 0.4) is 0 Å². The van der Waals surface area contributed by atoms with Gasteiger partial charge in [0.05, 0.1) is 15.7 Å². The van der Waals surface area contributed by atoms with Crippen LogP contribution in [0.4, 0.5) is 5.69 Å². The molecule has 2 unspecified atom stereocenters. The maximum absolute atomic E-state index is 12.2. The van der Waals surface area contributed by atoms with Gasteiger partial charge in [-0.2, -0.15) is 0 Å². The Kier molecular flexibility index (Phi) is 4.58. The standard InChI is InChI=1S/C14H18Cl2N2O/c1-8-3-2-4-10(5-8)18-14(19)9-6-11(15)13(16)12(17)7-9/h6-8,10H,2-5,17H2,1H3,(H,18,19). The van der Waals surface area contributed by atoms with E-state index in [0.717, 1.165) is 19.3 Å². The lowest BCUT2D eigenvalue weighted by Crippen LogP contribution is -2.38. The van der Waals surface area contributed by atoms with Crippen LogP contribution >= 0.6 is 23.2 Å². The zero-order valence-corrected chi connectivity index (χ0v) is 12.4. The van der Waals surface area contributed by atoms with E-state index in [1.54, 1.807) is 12.1 Å². The second-order valence-corrected chi connectivity index (χ2v) is 6.09. The third-order valence-electron chi connectivity index (χ3n) is 3.59. The third kappa shape index (κ3) is 3.54. The largest absolute Gasteiger partial charge is 0.397 e. The Morgan fingerprint density at radius 3 is 2.74 bits per heavy atom. The SMILES string of the molecule is CC1CCCC(NC(=O)c2cc(N)c(Cl)c(Cl)c2)C1. The van der Waals surface area contributed by atoms with Gasteiger partial charge in [0.25, 0.3) is 5.91 Å². The zero-order valence-electron chi connectivity index (χ0n) is 10.9. The van der Waals surface area contributed by atoms with Crippen LogP contribution < -0.4 is 11.1 Å². The van der Waals surface area contributed by atoms with Crippen molar-refractivity contribution >= 4 is 34.8 Å². The summed E-state index contributed by atoms with van der Waals surface area (Å²) in [5.41, 5.74) is 6.51. The van der Waals surface area contributed by atoms with Crippen LogP contribution in [0.15, 0.2) is 12.1 Å². The average molecular weight is 301 g/mol. The number of carbonyl (C=O) groups is 1. The van der Waals surface area contributed by atoms with Gasteiger partial charge in [0.15, 0.2) is 0 Å². The Hall–Kier alpha value is -0.930. The van der Waals surface area contributed by atoms with E-state index in [4.69, 9.17) is 28.9 Å². The Balaban J connectivity index is 2.07. The molecule has 1 saturated carbocycles. The van der Waals surface area contributed by atoms with Crippen molar-refractivity contribution in [3.8, 4) is 0 Å². The fourth-order valence-corrected chi connectivity index (χ4v) is 2.91. The molecule has 0 radical (unpaired) electrons. The second-order valence-electron chi connectivity index (χ2n) is 5.30. The number of amides is 1. The molecule has 19 heavy (non-hydrogen) atoms. The van der Waals surface area contributed by atoms with E-state index >= 15 is 0 Å². The second kappa shape index (κ2) is 6.02. The van der Waals surface area contributed by atoms with E-state index in [-0.39, 0.29) is 11.9 Å². The molecule has 104 valence electrons. The topological polar surface area (TPSA) is 55.1 Å². The number of carbonyl (C=O) groups excluding carboxylic acids is 1. The first kappa shape index (κ1) is 14.5. The van der Waals surface area contributed by atoms with E-state index in [2.05, 4.69) is 12.2 Å². The fraction of sp³-hybridized carbons (Fsp3) is 0.500. The van der Waals surface area contributed by atoms with Crippen molar-refractivity contribution in [1.82, 2.24) is 5.32 Å². The molecule has 1 aromatic rings. The maximum Gasteiger partial charge on any atom is 0.251 e. The van der Waals surface area contributed by atoms with Crippen molar-refractivity contribution < 1.29 is 4.79 Å². The van der Waals surface area contributed by atoms with Crippen molar-refractivity contribution in [3.05, 3.63) is 27.7 Å². The minimum atomic E-state index is -0.135. The van der Waals surface area contributed by atoms with Gasteiger partial charge in [0.1, 0.15) is 0 Å². The van der Waals surface area contributed by atoms with Crippen LogP contribution in [-0.2, 0) is 0 Å². The summed E-state index contributed by atoms with van der Waals surface area (Å²) in [5, 5.41) is 3.65. The highest BCUT2D eigenvalue weighted by Crippen LogP contribution is 2.30. The van der Waals surface area contributed by atoms with E-state index in [1.165, 1.54) is 6.42 Å². The van der Waals surface area contributed by atoms with Crippen LogP contribution in [0.5, 0.6) is 0 Å². The minimum Gasteiger partial charge on any atom is -0.397 e. The summed E-state index contributed by atoms with van der Waals surface area (Å²) in [5.74, 6) is 0.530. The lowest BCUT2D eigenvalue weighted by Gasteiger charge is -2.27. The minimum absolute atomic E-state index is 0.135. The van der Waals surface area contributed by atoms with Crippen LogP contribution in [0.1, 0.15) is 43.0 Å². The van der Waals surface area contributed by atoms with Gasteiger partial charge in [-0.3, -0.25) is 4.79 Å². The molecule has 3 nitrogen and oxygen atoms in total. The quantitative estimate of drug-likeness (QED) is 0.814. The fourth-order valence-electron chi connectivity index (χ4n) is 2.58. The molecule has 0 spiro atoms. The van der Waals surface area contributed by atoms with Crippen LogP contribution in [0, 0.1) is 5.92 Å². The number of benzene rings is 1. The Bertz CT molecular complexity index is 467. The number of hydrogen-bond donors (Lipinski definition) is 2.